The second kappa shape index (κ2) is 15.9. The Balaban J connectivity index is 1.39. The molecule has 8 atom stereocenters. The minimum absolute atomic E-state index is 0.0363. The van der Waals surface area contributed by atoms with Crippen molar-refractivity contribution in [2.24, 2.45) is 45.3 Å². The summed E-state index contributed by atoms with van der Waals surface area (Å²) in [5.74, 6) is 1.29. The average molecular weight is 805 g/mol. The molecule has 7 unspecified atom stereocenters. The van der Waals surface area contributed by atoms with E-state index in [0.29, 0.717) is 29.8 Å². The van der Waals surface area contributed by atoms with E-state index in [9.17, 15) is 19.2 Å². The van der Waals surface area contributed by atoms with Gasteiger partial charge in [0, 0.05) is 34.9 Å². The Hall–Kier alpha value is -2.97. The van der Waals surface area contributed by atoms with Crippen LogP contribution in [0.3, 0.4) is 0 Å². The van der Waals surface area contributed by atoms with E-state index in [0.717, 1.165) is 87.6 Å². The molecule has 8 nitrogen and oxygen atoms in total. The van der Waals surface area contributed by atoms with Gasteiger partial charge in [-0.2, -0.15) is 0 Å². The Morgan fingerprint density at radius 3 is 2.33 bits per heavy atom. The van der Waals surface area contributed by atoms with Crippen molar-refractivity contribution in [1.82, 2.24) is 14.3 Å². The number of ketones is 1. The van der Waals surface area contributed by atoms with Crippen LogP contribution in [0.5, 0.6) is 0 Å². The molecular weight excluding hydrogens is 734 g/mol. The maximum absolute atomic E-state index is 14.5. The summed E-state index contributed by atoms with van der Waals surface area (Å²) < 4.78 is 10.0. The molecule has 2 aromatic rings. The van der Waals surface area contributed by atoms with E-state index in [2.05, 4.69) is 72.1 Å². The van der Waals surface area contributed by atoms with Crippen LogP contribution in [-0.4, -0.2) is 59.0 Å². The van der Waals surface area contributed by atoms with Crippen molar-refractivity contribution in [2.45, 2.75) is 151 Å². The molecule has 0 amide bonds. The second-order valence-corrected chi connectivity index (χ2v) is 21.0. The van der Waals surface area contributed by atoms with Crippen LogP contribution in [0.15, 0.2) is 46.3 Å². The molecule has 1 aromatic heterocycles. The summed E-state index contributed by atoms with van der Waals surface area (Å²) in [6.07, 6.45) is 9.96. The van der Waals surface area contributed by atoms with E-state index >= 15 is 0 Å². The number of halogens is 1. The minimum Gasteiger partial charge on any atom is -0.462 e. The third-order valence-electron chi connectivity index (χ3n) is 16.2. The van der Waals surface area contributed by atoms with Gasteiger partial charge in [-0.15, -0.1) is 0 Å². The molecule has 1 heterocycles. The predicted molar refractivity (Wildman–Crippen MR) is 229 cm³/mol. The number of hydrogen-bond acceptors (Lipinski definition) is 6. The largest absolute Gasteiger partial charge is 0.462 e. The monoisotopic (exact) mass is 804 g/mol. The average Bonchev–Trinajstić information content (AvgIpc) is 3.65. The van der Waals surface area contributed by atoms with Crippen LogP contribution < -0.4 is 5.56 Å². The Bertz CT molecular complexity index is 1940. The molecule has 314 valence electrons. The van der Waals surface area contributed by atoms with Crippen LogP contribution in [0.2, 0.25) is 5.02 Å². The van der Waals surface area contributed by atoms with Gasteiger partial charge >= 0.3 is 5.97 Å². The molecule has 6 rings (SSSR count). The molecule has 0 N–H and O–H groups in total. The quantitative estimate of drug-likeness (QED) is 0.140. The zero-order valence-corrected chi connectivity index (χ0v) is 37.6. The Kier molecular flexibility index (Phi) is 12.2. The third kappa shape index (κ3) is 7.46. The molecule has 3 fully saturated rings. The zero-order valence-electron chi connectivity index (χ0n) is 36.8. The molecule has 57 heavy (non-hydrogen) atoms. The number of likely N-dealkylation sites (N-methyl/N-ethyl adjacent to an activating group) is 1. The SMILES string of the molecule is CCC(CCC1(C)C(C)CCC2(C)C1CCC1C3=C(C(C)C)C(=O)CC3(c3cc(=O)n(-c4ccc(Cl)cc4)n3CCN(C)C)CC[C@]12C)OC(=O)CC(C)(C)C=O. The lowest BCUT2D eigenvalue weighted by Crippen LogP contribution is -2.62. The number of carbonyl (C=O) groups is 3. The molecule has 0 bridgehead atoms. The highest BCUT2D eigenvalue weighted by Gasteiger charge is 2.68. The number of ether oxygens (including phenoxy) is 1. The number of hydrogen-bond donors (Lipinski definition) is 0. The van der Waals surface area contributed by atoms with Gasteiger partial charge in [0.1, 0.15) is 12.4 Å². The van der Waals surface area contributed by atoms with Gasteiger partial charge in [0.05, 0.1) is 24.3 Å². The molecule has 9 heteroatoms. The molecule has 0 radical (unpaired) electrons. The summed E-state index contributed by atoms with van der Waals surface area (Å²) in [6.45, 7) is 21.5. The summed E-state index contributed by atoms with van der Waals surface area (Å²) >= 11 is 6.31. The summed E-state index contributed by atoms with van der Waals surface area (Å²) in [4.78, 5) is 55.4. The summed E-state index contributed by atoms with van der Waals surface area (Å²) in [7, 11) is 4.12. The highest BCUT2D eigenvalue weighted by Crippen LogP contribution is 2.75. The van der Waals surface area contributed by atoms with Crippen molar-refractivity contribution < 1.29 is 19.1 Å². The second-order valence-electron chi connectivity index (χ2n) is 20.6. The fourth-order valence-electron chi connectivity index (χ4n) is 12.6. The van der Waals surface area contributed by atoms with Gasteiger partial charge in [-0.1, -0.05) is 73.9 Å². The fourth-order valence-corrected chi connectivity index (χ4v) is 12.7. The van der Waals surface area contributed by atoms with E-state index in [1.54, 1.807) is 13.8 Å². The lowest BCUT2D eigenvalue weighted by molar-refractivity contribution is -0.184. The number of benzene rings is 1. The smallest absolute Gasteiger partial charge is 0.307 e. The Labute approximate surface area is 347 Å². The van der Waals surface area contributed by atoms with E-state index in [4.69, 9.17) is 16.3 Å². The molecule has 1 aromatic carbocycles. The van der Waals surface area contributed by atoms with Crippen LogP contribution in [0.25, 0.3) is 5.69 Å². The van der Waals surface area contributed by atoms with Gasteiger partial charge in [0.2, 0.25) is 0 Å². The van der Waals surface area contributed by atoms with Crippen molar-refractivity contribution in [3.05, 3.63) is 62.5 Å². The number of nitrogens with zero attached hydrogens (tertiary/aromatic N) is 3. The minimum atomic E-state index is -0.730. The van der Waals surface area contributed by atoms with Crippen LogP contribution >= 0.6 is 11.6 Å². The summed E-state index contributed by atoms with van der Waals surface area (Å²) in [5.41, 5.74) is 2.82. The molecule has 0 saturated heterocycles. The first kappa shape index (κ1) is 43.6. The van der Waals surface area contributed by atoms with E-state index < -0.39 is 10.8 Å². The topological polar surface area (TPSA) is 90.6 Å². The molecule has 4 aliphatic rings. The van der Waals surface area contributed by atoms with Crippen molar-refractivity contribution in [2.75, 3.05) is 20.6 Å². The van der Waals surface area contributed by atoms with Gasteiger partial charge < -0.3 is 14.4 Å². The number of allylic oxidation sites excluding steroid dienone is 2. The third-order valence-corrected chi connectivity index (χ3v) is 16.4. The van der Waals surface area contributed by atoms with Crippen LogP contribution in [0, 0.1) is 45.3 Å². The van der Waals surface area contributed by atoms with E-state index in [-0.39, 0.29) is 57.9 Å². The fraction of sp³-hybridized carbons (Fsp3) is 0.708. The molecule has 0 spiro atoms. The predicted octanol–water partition coefficient (Wildman–Crippen LogP) is 10.0. The highest BCUT2D eigenvalue weighted by molar-refractivity contribution is 6.30. The van der Waals surface area contributed by atoms with E-state index in [1.165, 1.54) is 5.57 Å². The summed E-state index contributed by atoms with van der Waals surface area (Å²) in [6, 6.07) is 9.35. The highest BCUT2D eigenvalue weighted by atomic mass is 35.5. The van der Waals surface area contributed by atoms with Crippen molar-refractivity contribution >= 4 is 29.6 Å². The van der Waals surface area contributed by atoms with Crippen LogP contribution in [-0.2, 0) is 31.1 Å². The standard InChI is InChI=1S/C48H70ClN3O5/c1-12-35(57-41(56)29-44(5,6)30-53)20-21-45(7)32(4)19-22-47(9)38(45)18-17-36-43-42(31(2)3)37(54)28-48(43,24-23-46(36,47)8)39-27-40(55)52(51(39)26-25-50(10)11)34-15-13-33(49)14-16-34/h13-16,27,30-32,35-36,38H,12,17-26,28-29H2,1-11H3/t32?,35?,36?,38?,45?,46-,47?,48?/m1/s1. The normalized spacial score (nSPS) is 32.0. The van der Waals surface area contributed by atoms with Crippen molar-refractivity contribution in [3.63, 3.8) is 0 Å². The van der Waals surface area contributed by atoms with Gasteiger partial charge in [-0.25, -0.2) is 4.68 Å². The lowest BCUT2D eigenvalue weighted by atomic mass is 9.35. The van der Waals surface area contributed by atoms with Crippen molar-refractivity contribution in [3.8, 4) is 5.69 Å². The first-order chi connectivity index (χ1) is 26.7. The van der Waals surface area contributed by atoms with E-state index in [1.807, 2.05) is 35.0 Å². The summed E-state index contributed by atoms with van der Waals surface area (Å²) in [5, 5.41) is 0.623. The van der Waals surface area contributed by atoms with Crippen LogP contribution in [0.4, 0.5) is 0 Å². The van der Waals surface area contributed by atoms with Crippen LogP contribution in [0.1, 0.15) is 139 Å². The van der Waals surface area contributed by atoms with Gasteiger partial charge in [0.15, 0.2) is 5.78 Å². The maximum atomic E-state index is 14.5. The Morgan fingerprint density at radius 2 is 1.72 bits per heavy atom. The number of carbonyl (C=O) groups excluding carboxylic acids is 3. The van der Waals surface area contributed by atoms with Gasteiger partial charge in [-0.3, -0.25) is 19.1 Å². The first-order valence-electron chi connectivity index (χ1n) is 21.9. The maximum Gasteiger partial charge on any atom is 0.307 e. The number of fused-ring (bicyclic) bond motifs is 5. The van der Waals surface area contributed by atoms with Crippen molar-refractivity contribution in [1.29, 1.82) is 0 Å². The van der Waals surface area contributed by atoms with Gasteiger partial charge in [-0.05, 0) is 147 Å². The van der Waals surface area contributed by atoms with Gasteiger partial charge in [0.25, 0.3) is 5.56 Å². The number of aldehydes is 1. The molecule has 4 aliphatic carbocycles. The zero-order chi connectivity index (χ0) is 41.9. The molecular formula is C48H70ClN3O5. The number of Topliss-reactive ketones (excluding diaryl/α,β-unsaturated/α-hetero) is 1. The number of rotatable bonds is 14. The number of aromatic nitrogens is 2. The Morgan fingerprint density at radius 1 is 1.04 bits per heavy atom. The molecule has 3 saturated carbocycles. The lowest BCUT2D eigenvalue weighted by Gasteiger charge is -2.69. The molecule has 0 aliphatic heterocycles. The first-order valence-corrected chi connectivity index (χ1v) is 22.2. The number of esters is 1.